The van der Waals surface area contributed by atoms with E-state index in [0.717, 1.165) is 39.2 Å². The van der Waals surface area contributed by atoms with Crippen molar-refractivity contribution < 1.29 is 0 Å². The van der Waals surface area contributed by atoms with Gasteiger partial charge in [0.2, 0.25) is 0 Å². The summed E-state index contributed by atoms with van der Waals surface area (Å²) in [6.07, 6.45) is 3.65. The zero-order chi connectivity index (χ0) is 20.2. The Morgan fingerprint density at radius 1 is 0.433 bits per heavy atom. The van der Waals surface area contributed by atoms with Gasteiger partial charge in [-0.2, -0.15) is 0 Å². The van der Waals surface area contributed by atoms with Crippen molar-refractivity contribution in [2.24, 2.45) is 0 Å². The summed E-state index contributed by atoms with van der Waals surface area (Å²) in [4.78, 5) is 14.0. The third-order valence-corrected chi connectivity index (χ3v) is 5.00. The fourth-order valence-electron chi connectivity index (χ4n) is 3.44. The normalized spacial score (nSPS) is 10.7. The molecule has 0 unspecified atom stereocenters. The largest absolute Gasteiger partial charge is 0.264 e. The van der Waals surface area contributed by atoms with Crippen LogP contribution in [0.1, 0.15) is 0 Å². The minimum absolute atomic E-state index is 0.716. The van der Waals surface area contributed by atoms with E-state index in [-0.39, 0.29) is 0 Å². The summed E-state index contributed by atoms with van der Waals surface area (Å²) >= 11 is 0. The monoisotopic (exact) mass is 385 g/mol. The molecule has 5 aromatic rings. The molecule has 30 heavy (non-hydrogen) atoms. The first-order chi connectivity index (χ1) is 14.9. The molecule has 5 rings (SSSR count). The zero-order valence-corrected chi connectivity index (χ0v) is 16.3. The van der Waals surface area contributed by atoms with Crippen molar-refractivity contribution in [2.45, 2.75) is 0 Å². The Hall–Kier alpha value is -4.11. The second-order valence-electron chi connectivity index (χ2n) is 7.01. The Morgan fingerprint density at radius 2 is 0.967 bits per heavy atom. The van der Waals surface area contributed by atoms with Crippen LogP contribution in [0.4, 0.5) is 0 Å². The molecule has 0 bridgehead atoms. The van der Waals surface area contributed by atoms with E-state index in [2.05, 4.69) is 65.6 Å². The standard InChI is InChI=1S/C27H19N3/c1-3-8-21(9-4-1)25-18-26(22-10-5-2-6-11-22)30-27(29-25)23-15-13-20(14-16-23)24-12-7-17-28-19-24/h1-19H. The fraction of sp³-hybridized carbons (Fsp3) is 0. The molecular formula is C27H19N3. The van der Waals surface area contributed by atoms with Gasteiger partial charge in [0.15, 0.2) is 5.82 Å². The van der Waals surface area contributed by atoms with Gasteiger partial charge >= 0.3 is 0 Å². The molecule has 0 spiro atoms. The van der Waals surface area contributed by atoms with Gasteiger partial charge in [-0.05, 0) is 23.3 Å². The van der Waals surface area contributed by atoms with Crippen LogP contribution >= 0.6 is 0 Å². The van der Waals surface area contributed by atoms with Crippen molar-refractivity contribution in [2.75, 3.05) is 0 Å². The average Bonchev–Trinajstić information content (AvgIpc) is 2.85. The first-order valence-corrected chi connectivity index (χ1v) is 9.87. The minimum atomic E-state index is 0.716. The topological polar surface area (TPSA) is 38.7 Å². The highest BCUT2D eigenvalue weighted by Crippen LogP contribution is 2.28. The van der Waals surface area contributed by atoms with Gasteiger partial charge in [-0.3, -0.25) is 4.98 Å². The Labute approximate surface area is 175 Å². The van der Waals surface area contributed by atoms with E-state index in [0.29, 0.717) is 5.82 Å². The summed E-state index contributed by atoms with van der Waals surface area (Å²) in [5.74, 6) is 0.716. The number of aromatic nitrogens is 3. The van der Waals surface area contributed by atoms with E-state index < -0.39 is 0 Å². The molecule has 0 atom stereocenters. The van der Waals surface area contributed by atoms with Gasteiger partial charge in [-0.1, -0.05) is 91.0 Å². The van der Waals surface area contributed by atoms with E-state index in [9.17, 15) is 0 Å². The van der Waals surface area contributed by atoms with Crippen LogP contribution in [0.15, 0.2) is 116 Å². The predicted molar refractivity (Wildman–Crippen MR) is 122 cm³/mol. The summed E-state index contributed by atoms with van der Waals surface area (Å²) in [7, 11) is 0. The van der Waals surface area contributed by atoms with Crippen molar-refractivity contribution in [3.05, 3.63) is 116 Å². The molecule has 0 radical (unpaired) electrons. The van der Waals surface area contributed by atoms with Gasteiger partial charge in [0.1, 0.15) is 0 Å². The summed E-state index contributed by atoms with van der Waals surface area (Å²) in [6, 6.07) is 34.8. The van der Waals surface area contributed by atoms with Crippen molar-refractivity contribution >= 4 is 0 Å². The lowest BCUT2D eigenvalue weighted by molar-refractivity contribution is 1.18. The van der Waals surface area contributed by atoms with Crippen LogP contribution in [0.2, 0.25) is 0 Å². The van der Waals surface area contributed by atoms with Crippen LogP contribution in [0.25, 0.3) is 45.0 Å². The van der Waals surface area contributed by atoms with Crippen LogP contribution in [0, 0.1) is 0 Å². The van der Waals surface area contributed by atoms with E-state index in [1.807, 2.05) is 48.7 Å². The summed E-state index contributed by atoms with van der Waals surface area (Å²) in [5.41, 5.74) is 7.17. The van der Waals surface area contributed by atoms with Crippen LogP contribution in [0.3, 0.4) is 0 Å². The number of benzene rings is 3. The van der Waals surface area contributed by atoms with Gasteiger partial charge < -0.3 is 0 Å². The van der Waals surface area contributed by atoms with Gasteiger partial charge in [0.05, 0.1) is 11.4 Å². The van der Waals surface area contributed by atoms with Crippen molar-refractivity contribution in [1.29, 1.82) is 0 Å². The molecular weight excluding hydrogens is 366 g/mol. The highest BCUT2D eigenvalue weighted by Gasteiger charge is 2.10. The Bertz CT molecular complexity index is 1190. The third kappa shape index (κ3) is 3.74. The number of nitrogens with zero attached hydrogens (tertiary/aromatic N) is 3. The molecule has 142 valence electrons. The lowest BCUT2D eigenvalue weighted by Gasteiger charge is -2.10. The molecule has 3 heteroatoms. The molecule has 0 amide bonds. The molecule has 0 N–H and O–H groups in total. The maximum Gasteiger partial charge on any atom is 0.160 e. The average molecular weight is 385 g/mol. The maximum absolute atomic E-state index is 4.88. The van der Waals surface area contributed by atoms with Gasteiger partial charge in [-0.25, -0.2) is 9.97 Å². The number of rotatable bonds is 4. The Kier molecular flexibility index (Phi) is 4.84. The van der Waals surface area contributed by atoms with E-state index in [1.165, 1.54) is 0 Å². The predicted octanol–water partition coefficient (Wildman–Crippen LogP) is 6.54. The molecule has 2 heterocycles. The molecule has 0 aliphatic carbocycles. The highest BCUT2D eigenvalue weighted by atomic mass is 14.9. The van der Waals surface area contributed by atoms with Gasteiger partial charge in [-0.15, -0.1) is 0 Å². The quantitative estimate of drug-likeness (QED) is 0.352. The maximum atomic E-state index is 4.88. The van der Waals surface area contributed by atoms with Crippen LogP contribution in [-0.4, -0.2) is 15.0 Å². The molecule has 2 aromatic heterocycles. The van der Waals surface area contributed by atoms with Crippen molar-refractivity contribution in [3.8, 4) is 45.0 Å². The molecule has 0 aliphatic rings. The number of pyridine rings is 1. The Morgan fingerprint density at radius 3 is 1.50 bits per heavy atom. The zero-order valence-electron chi connectivity index (χ0n) is 16.3. The van der Waals surface area contributed by atoms with Crippen molar-refractivity contribution in [3.63, 3.8) is 0 Å². The van der Waals surface area contributed by atoms with Crippen molar-refractivity contribution in [1.82, 2.24) is 15.0 Å². The molecule has 0 aliphatic heterocycles. The summed E-state index contributed by atoms with van der Waals surface area (Å²) in [6.45, 7) is 0. The molecule has 0 fully saturated rings. The molecule has 0 saturated carbocycles. The Balaban J connectivity index is 1.60. The SMILES string of the molecule is c1ccc(-c2cc(-c3ccccc3)nc(-c3ccc(-c4cccnc4)cc3)n2)cc1. The molecule has 0 saturated heterocycles. The van der Waals surface area contributed by atoms with Gasteiger partial charge in [0, 0.05) is 29.1 Å². The summed E-state index contributed by atoms with van der Waals surface area (Å²) in [5, 5.41) is 0. The second kappa shape index (κ2) is 8.10. The lowest BCUT2D eigenvalue weighted by atomic mass is 10.0. The fourth-order valence-corrected chi connectivity index (χ4v) is 3.44. The number of hydrogen-bond donors (Lipinski definition) is 0. The third-order valence-electron chi connectivity index (χ3n) is 5.00. The minimum Gasteiger partial charge on any atom is -0.264 e. The smallest absolute Gasteiger partial charge is 0.160 e. The van der Waals surface area contributed by atoms with Gasteiger partial charge in [0.25, 0.3) is 0 Å². The lowest BCUT2D eigenvalue weighted by Crippen LogP contribution is -1.95. The first-order valence-electron chi connectivity index (χ1n) is 9.87. The van der Waals surface area contributed by atoms with Crippen LogP contribution in [0.5, 0.6) is 0 Å². The number of hydrogen-bond acceptors (Lipinski definition) is 3. The first kappa shape index (κ1) is 18.0. The van der Waals surface area contributed by atoms with E-state index >= 15 is 0 Å². The summed E-state index contributed by atoms with van der Waals surface area (Å²) < 4.78 is 0. The second-order valence-corrected chi connectivity index (χ2v) is 7.01. The van der Waals surface area contributed by atoms with Crippen LogP contribution in [-0.2, 0) is 0 Å². The van der Waals surface area contributed by atoms with Crippen LogP contribution < -0.4 is 0 Å². The van der Waals surface area contributed by atoms with E-state index in [4.69, 9.17) is 9.97 Å². The van der Waals surface area contributed by atoms with E-state index in [1.54, 1.807) is 6.20 Å². The molecule has 3 nitrogen and oxygen atoms in total. The highest BCUT2D eigenvalue weighted by molar-refractivity contribution is 5.73. The molecule has 3 aromatic carbocycles.